The Morgan fingerprint density at radius 3 is 2.55 bits per heavy atom. The van der Waals surface area contributed by atoms with Crippen molar-refractivity contribution in [2.24, 2.45) is 0 Å². The molecule has 6 heteroatoms. The molecule has 1 aromatic rings. The number of nitrogens with zero attached hydrogens (tertiary/aromatic N) is 1. The molecule has 1 fully saturated rings. The van der Waals surface area contributed by atoms with Gasteiger partial charge in [0, 0.05) is 10.6 Å². The van der Waals surface area contributed by atoms with Crippen LogP contribution in [0.2, 0.25) is 5.02 Å². The lowest BCUT2D eigenvalue weighted by Crippen LogP contribution is -2.34. The summed E-state index contributed by atoms with van der Waals surface area (Å²) < 4.78 is 0.225. The molecule has 2 rings (SSSR count). The van der Waals surface area contributed by atoms with E-state index in [0.717, 1.165) is 22.2 Å². The van der Waals surface area contributed by atoms with Gasteiger partial charge in [0.1, 0.15) is 0 Å². The number of hydrogen-bond acceptors (Lipinski definition) is 4. The van der Waals surface area contributed by atoms with E-state index in [9.17, 15) is 9.59 Å². The third-order valence-electron chi connectivity index (χ3n) is 2.53. The summed E-state index contributed by atoms with van der Waals surface area (Å²) in [6, 6.07) is 7.03. The maximum absolute atomic E-state index is 12.2. The molecule has 0 aromatic heterocycles. The van der Waals surface area contributed by atoms with Gasteiger partial charge in [-0.3, -0.25) is 9.59 Å². The summed E-state index contributed by atoms with van der Waals surface area (Å²) in [5.41, 5.74) is 1.09. The van der Waals surface area contributed by atoms with Crippen molar-refractivity contribution in [1.82, 2.24) is 4.90 Å². The van der Waals surface area contributed by atoms with Crippen LogP contribution in [-0.4, -0.2) is 21.0 Å². The summed E-state index contributed by atoms with van der Waals surface area (Å²) in [6.45, 7) is 5.09. The van der Waals surface area contributed by atoms with Crippen LogP contribution in [0, 0.1) is 0 Å². The SMILES string of the molecule is C=C(C)C(=O)N1C(=O)/C(=C\c2ccc(Cl)cc2)SC1=S. The van der Waals surface area contributed by atoms with E-state index >= 15 is 0 Å². The Hall–Kier alpha value is -1.43. The van der Waals surface area contributed by atoms with Gasteiger partial charge in [0.15, 0.2) is 4.32 Å². The topological polar surface area (TPSA) is 37.4 Å². The van der Waals surface area contributed by atoms with E-state index in [-0.39, 0.29) is 9.89 Å². The first-order valence-corrected chi connectivity index (χ1v) is 7.24. The van der Waals surface area contributed by atoms with Crippen molar-refractivity contribution in [3.63, 3.8) is 0 Å². The zero-order valence-electron chi connectivity index (χ0n) is 10.6. The van der Waals surface area contributed by atoms with Gasteiger partial charge in [0.25, 0.3) is 11.8 Å². The van der Waals surface area contributed by atoms with E-state index in [1.54, 1.807) is 37.3 Å². The van der Waals surface area contributed by atoms with Crippen molar-refractivity contribution in [3.05, 3.63) is 51.9 Å². The molecule has 0 aliphatic carbocycles. The molecule has 1 heterocycles. The van der Waals surface area contributed by atoms with Crippen molar-refractivity contribution < 1.29 is 9.59 Å². The van der Waals surface area contributed by atoms with Crippen LogP contribution in [0.3, 0.4) is 0 Å². The number of halogens is 1. The first-order valence-electron chi connectivity index (χ1n) is 5.63. The van der Waals surface area contributed by atoms with Crippen molar-refractivity contribution in [1.29, 1.82) is 0 Å². The van der Waals surface area contributed by atoms with Gasteiger partial charge in [-0.05, 0) is 30.7 Å². The lowest BCUT2D eigenvalue weighted by atomic mass is 10.2. The number of thiocarbonyl (C=S) groups is 1. The van der Waals surface area contributed by atoms with E-state index in [0.29, 0.717) is 9.93 Å². The molecule has 0 atom stereocenters. The van der Waals surface area contributed by atoms with E-state index in [2.05, 4.69) is 6.58 Å². The van der Waals surface area contributed by atoms with Crippen LogP contribution < -0.4 is 0 Å². The normalized spacial score (nSPS) is 16.9. The summed E-state index contributed by atoms with van der Waals surface area (Å²) in [6.07, 6.45) is 1.68. The van der Waals surface area contributed by atoms with Crippen LogP contribution >= 0.6 is 35.6 Å². The largest absolute Gasteiger partial charge is 0.273 e. The molecule has 1 aromatic carbocycles. The predicted molar refractivity (Wildman–Crippen MR) is 86.3 cm³/mol. The summed E-state index contributed by atoms with van der Waals surface area (Å²) >= 11 is 12.0. The van der Waals surface area contributed by atoms with E-state index in [4.69, 9.17) is 23.8 Å². The predicted octanol–water partition coefficient (Wildman–Crippen LogP) is 3.64. The van der Waals surface area contributed by atoms with E-state index in [1.165, 1.54) is 0 Å². The summed E-state index contributed by atoms with van der Waals surface area (Å²) in [5, 5.41) is 0.618. The van der Waals surface area contributed by atoms with E-state index in [1.807, 2.05) is 0 Å². The van der Waals surface area contributed by atoms with Gasteiger partial charge in [0.05, 0.1) is 4.91 Å². The van der Waals surface area contributed by atoms with Crippen molar-refractivity contribution >= 4 is 57.8 Å². The highest BCUT2D eigenvalue weighted by Crippen LogP contribution is 2.33. The second kappa shape index (κ2) is 5.91. The molecule has 3 nitrogen and oxygen atoms in total. The van der Waals surface area contributed by atoms with Crippen LogP contribution in [-0.2, 0) is 9.59 Å². The monoisotopic (exact) mass is 323 g/mol. The molecule has 102 valence electrons. The van der Waals surface area contributed by atoms with Gasteiger partial charge in [-0.1, -0.05) is 54.3 Å². The highest BCUT2D eigenvalue weighted by Gasteiger charge is 2.36. The molecular weight excluding hydrogens is 314 g/mol. The van der Waals surface area contributed by atoms with Gasteiger partial charge < -0.3 is 0 Å². The molecule has 20 heavy (non-hydrogen) atoms. The van der Waals surface area contributed by atoms with Crippen LogP contribution in [0.5, 0.6) is 0 Å². The van der Waals surface area contributed by atoms with Crippen LogP contribution in [0.15, 0.2) is 41.3 Å². The number of amides is 2. The van der Waals surface area contributed by atoms with Gasteiger partial charge in [-0.25, -0.2) is 4.90 Å². The Labute approximate surface area is 131 Å². The number of benzene rings is 1. The zero-order chi connectivity index (χ0) is 14.9. The van der Waals surface area contributed by atoms with Crippen LogP contribution in [0.25, 0.3) is 6.08 Å². The maximum atomic E-state index is 12.2. The average molecular weight is 324 g/mol. The minimum absolute atomic E-state index is 0.225. The van der Waals surface area contributed by atoms with E-state index < -0.39 is 11.8 Å². The van der Waals surface area contributed by atoms with Crippen LogP contribution in [0.4, 0.5) is 0 Å². The Morgan fingerprint density at radius 1 is 1.40 bits per heavy atom. The zero-order valence-corrected chi connectivity index (χ0v) is 12.9. The summed E-state index contributed by atoms with van der Waals surface area (Å²) in [5.74, 6) is -0.880. The second-order valence-corrected chi connectivity index (χ2v) is 6.27. The first kappa shape index (κ1) is 15.0. The molecule has 1 aliphatic rings. The van der Waals surface area contributed by atoms with Crippen molar-refractivity contribution in [2.45, 2.75) is 6.92 Å². The Balaban J connectivity index is 2.30. The summed E-state index contributed by atoms with van der Waals surface area (Å²) in [7, 11) is 0. The molecule has 0 N–H and O–H groups in total. The van der Waals surface area contributed by atoms with Gasteiger partial charge in [-0.2, -0.15) is 0 Å². The maximum Gasteiger partial charge on any atom is 0.273 e. The van der Waals surface area contributed by atoms with Crippen molar-refractivity contribution in [2.75, 3.05) is 0 Å². The van der Waals surface area contributed by atoms with Gasteiger partial charge in [0.2, 0.25) is 0 Å². The third-order valence-corrected chi connectivity index (χ3v) is 4.08. The molecule has 0 unspecified atom stereocenters. The molecule has 0 radical (unpaired) electrons. The number of carbonyl (C=O) groups excluding carboxylic acids is 2. The number of hydrogen-bond donors (Lipinski definition) is 0. The smallest absolute Gasteiger partial charge is 0.269 e. The standard InChI is InChI=1S/C14H10ClNO2S2/c1-8(2)12(17)16-13(18)11(20-14(16)19)7-9-3-5-10(15)6-4-9/h3-7H,1H2,2H3/b11-7+. The van der Waals surface area contributed by atoms with Gasteiger partial charge >= 0.3 is 0 Å². The number of rotatable bonds is 2. The fraction of sp³-hybridized carbons (Fsp3) is 0.0714. The molecule has 1 aliphatic heterocycles. The highest BCUT2D eigenvalue weighted by molar-refractivity contribution is 8.26. The first-order chi connectivity index (χ1) is 9.40. The number of imide groups is 1. The molecule has 1 saturated heterocycles. The second-order valence-electron chi connectivity index (χ2n) is 4.15. The minimum Gasteiger partial charge on any atom is -0.269 e. The third kappa shape index (κ3) is 3.00. The minimum atomic E-state index is -0.466. The fourth-order valence-corrected chi connectivity index (χ4v) is 2.92. The van der Waals surface area contributed by atoms with Crippen molar-refractivity contribution in [3.8, 4) is 0 Å². The van der Waals surface area contributed by atoms with Gasteiger partial charge in [-0.15, -0.1) is 0 Å². The molecule has 0 spiro atoms. The lowest BCUT2D eigenvalue weighted by Gasteiger charge is -2.11. The number of thioether (sulfide) groups is 1. The summed E-state index contributed by atoms with van der Waals surface area (Å²) in [4.78, 5) is 25.4. The van der Waals surface area contributed by atoms with Crippen LogP contribution in [0.1, 0.15) is 12.5 Å². The highest BCUT2D eigenvalue weighted by atomic mass is 35.5. The Kier molecular flexibility index (Phi) is 4.42. The number of carbonyl (C=O) groups is 2. The Bertz CT molecular complexity index is 650. The Morgan fingerprint density at radius 2 is 2.00 bits per heavy atom. The average Bonchev–Trinajstić information content (AvgIpc) is 2.66. The molecule has 0 saturated carbocycles. The molecule has 0 bridgehead atoms. The fourth-order valence-electron chi connectivity index (χ4n) is 1.54. The molecular formula is C14H10ClNO2S2. The molecule has 2 amide bonds. The lowest BCUT2D eigenvalue weighted by molar-refractivity contribution is -0.134. The quantitative estimate of drug-likeness (QED) is 0.615.